The minimum absolute atomic E-state index is 0.0686. The van der Waals surface area contributed by atoms with Crippen molar-refractivity contribution in [2.45, 2.75) is 0 Å². The average molecular weight is 354 g/mol. The second-order valence-electron chi connectivity index (χ2n) is 5.30. The molecule has 0 aliphatic carbocycles. The molecule has 0 spiro atoms. The van der Waals surface area contributed by atoms with E-state index in [0.29, 0.717) is 10.9 Å². The van der Waals surface area contributed by atoms with E-state index in [-0.39, 0.29) is 17.0 Å². The molecule has 9 heteroatoms. The summed E-state index contributed by atoms with van der Waals surface area (Å²) in [6.45, 7) is 0. The third-order valence-electron chi connectivity index (χ3n) is 3.76. The Hall–Kier alpha value is -3.88. The zero-order chi connectivity index (χ0) is 18.7. The number of carbonyl (C=O) groups is 2. The highest BCUT2D eigenvalue weighted by molar-refractivity contribution is 6.08. The van der Waals surface area contributed by atoms with Crippen LogP contribution in [0, 0.1) is 10.1 Å². The standard InChI is InChI=1S/C17H14N4O5/c1-26-15-7-6-10(21(24)25)8-12(15)16(22)19-20-17(23)13-9-18-14-5-3-2-4-11(13)14/h2-9,18H,1H3,(H,19,22)(H,20,23). The number of hydrazine groups is 1. The molecule has 0 aliphatic heterocycles. The summed E-state index contributed by atoms with van der Waals surface area (Å²) in [5.41, 5.74) is 5.33. The summed E-state index contributed by atoms with van der Waals surface area (Å²) in [6, 6.07) is 10.8. The second-order valence-corrected chi connectivity index (χ2v) is 5.30. The number of benzene rings is 2. The summed E-state index contributed by atoms with van der Waals surface area (Å²) in [4.78, 5) is 37.8. The van der Waals surface area contributed by atoms with Gasteiger partial charge in [-0.3, -0.25) is 30.6 Å². The van der Waals surface area contributed by atoms with Crippen molar-refractivity contribution in [1.29, 1.82) is 0 Å². The molecule has 0 bridgehead atoms. The Morgan fingerprint density at radius 1 is 1.08 bits per heavy atom. The maximum atomic E-state index is 12.3. The molecular weight excluding hydrogens is 340 g/mol. The van der Waals surface area contributed by atoms with Gasteiger partial charge >= 0.3 is 0 Å². The molecule has 2 amide bonds. The summed E-state index contributed by atoms with van der Waals surface area (Å²) in [5, 5.41) is 11.6. The molecule has 0 saturated heterocycles. The van der Waals surface area contributed by atoms with Crippen LogP contribution >= 0.6 is 0 Å². The molecule has 3 N–H and O–H groups in total. The molecule has 26 heavy (non-hydrogen) atoms. The number of fused-ring (bicyclic) bond motifs is 1. The van der Waals surface area contributed by atoms with E-state index in [9.17, 15) is 19.7 Å². The summed E-state index contributed by atoms with van der Waals surface area (Å²) in [6.07, 6.45) is 1.53. The zero-order valence-electron chi connectivity index (χ0n) is 13.6. The molecule has 0 aliphatic rings. The molecule has 3 rings (SSSR count). The number of hydrogen-bond donors (Lipinski definition) is 3. The minimum Gasteiger partial charge on any atom is -0.496 e. The molecule has 132 valence electrons. The second kappa shape index (κ2) is 6.93. The van der Waals surface area contributed by atoms with Crippen LogP contribution in [0.3, 0.4) is 0 Å². The van der Waals surface area contributed by atoms with Crippen LogP contribution in [-0.2, 0) is 0 Å². The molecule has 1 aromatic heterocycles. The van der Waals surface area contributed by atoms with Crippen molar-refractivity contribution in [3.05, 3.63) is 69.9 Å². The van der Waals surface area contributed by atoms with Gasteiger partial charge in [0.2, 0.25) is 0 Å². The number of para-hydroxylation sites is 1. The zero-order valence-corrected chi connectivity index (χ0v) is 13.6. The number of aromatic nitrogens is 1. The quantitative estimate of drug-likeness (QED) is 0.489. The fourth-order valence-corrected chi connectivity index (χ4v) is 2.49. The molecule has 0 fully saturated rings. The number of nitro groups is 1. The van der Waals surface area contributed by atoms with Gasteiger partial charge < -0.3 is 9.72 Å². The lowest BCUT2D eigenvalue weighted by atomic mass is 10.1. The lowest BCUT2D eigenvalue weighted by molar-refractivity contribution is -0.384. The number of rotatable bonds is 4. The average Bonchev–Trinajstić information content (AvgIpc) is 3.09. The van der Waals surface area contributed by atoms with Crippen LogP contribution in [0.15, 0.2) is 48.7 Å². The van der Waals surface area contributed by atoms with Crippen molar-refractivity contribution in [2.75, 3.05) is 7.11 Å². The van der Waals surface area contributed by atoms with Gasteiger partial charge in [-0.05, 0) is 12.1 Å². The number of H-pyrrole nitrogens is 1. The van der Waals surface area contributed by atoms with Gasteiger partial charge in [-0.1, -0.05) is 18.2 Å². The van der Waals surface area contributed by atoms with Crippen molar-refractivity contribution in [3.8, 4) is 5.75 Å². The largest absolute Gasteiger partial charge is 0.496 e. The lowest BCUT2D eigenvalue weighted by Gasteiger charge is -2.10. The van der Waals surface area contributed by atoms with E-state index >= 15 is 0 Å². The predicted octanol–water partition coefficient (Wildman–Crippen LogP) is 2.16. The third kappa shape index (κ3) is 3.18. The molecule has 9 nitrogen and oxygen atoms in total. The van der Waals surface area contributed by atoms with E-state index in [0.717, 1.165) is 11.6 Å². The number of nitrogens with zero attached hydrogens (tertiary/aromatic N) is 1. The van der Waals surface area contributed by atoms with Crippen LogP contribution in [0.25, 0.3) is 10.9 Å². The minimum atomic E-state index is -0.737. The van der Waals surface area contributed by atoms with E-state index in [1.807, 2.05) is 12.1 Å². The monoisotopic (exact) mass is 354 g/mol. The Morgan fingerprint density at radius 3 is 2.46 bits per heavy atom. The molecule has 0 radical (unpaired) electrons. The Kier molecular flexibility index (Phi) is 4.52. The number of ether oxygens (including phenoxy) is 1. The van der Waals surface area contributed by atoms with Crippen molar-refractivity contribution in [3.63, 3.8) is 0 Å². The summed E-state index contributed by atoms with van der Waals surface area (Å²) >= 11 is 0. The highest BCUT2D eigenvalue weighted by Crippen LogP contribution is 2.23. The number of aromatic amines is 1. The first-order valence-corrected chi connectivity index (χ1v) is 7.50. The van der Waals surface area contributed by atoms with E-state index < -0.39 is 16.7 Å². The van der Waals surface area contributed by atoms with Crippen LogP contribution < -0.4 is 15.6 Å². The van der Waals surface area contributed by atoms with Crippen molar-refractivity contribution < 1.29 is 19.2 Å². The molecule has 2 aromatic carbocycles. The molecule has 0 atom stereocenters. The maximum Gasteiger partial charge on any atom is 0.273 e. The fraction of sp³-hybridized carbons (Fsp3) is 0.0588. The first kappa shape index (κ1) is 17.0. The maximum absolute atomic E-state index is 12.3. The summed E-state index contributed by atoms with van der Waals surface area (Å²) < 4.78 is 5.04. The topological polar surface area (TPSA) is 126 Å². The van der Waals surface area contributed by atoms with Crippen LogP contribution in [0.5, 0.6) is 5.75 Å². The van der Waals surface area contributed by atoms with Crippen LogP contribution in [0.4, 0.5) is 5.69 Å². The number of carbonyl (C=O) groups excluding carboxylic acids is 2. The highest BCUT2D eigenvalue weighted by atomic mass is 16.6. The summed E-state index contributed by atoms with van der Waals surface area (Å²) in [5.74, 6) is -1.12. The Morgan fingerprint density at radius 2 is 1.77 bits per heavy atom. The molecule has 1 heterocycles. The number of methoxy groups -OCH3 is 1. The van der Waals surface area contributed by atoms with Gasteiger partial charge in [-0.15, -0.1) is 0 Å². The first-order valence-electron chi connectivity index (χ1n) is 7.50. The molecule has 0 unspecified atom stereocenters. The van der Waals surface area contributed by atoms with Gasteiger partial charge in [0.15, 0.2) is 0 Å². The van der Waals surface area contributed by atoms with Gasteiger partial charge in [-0.2, -0.15) is 0 Å². The smallest absolute Gasteiger partial charge is 0.273 e. The Bertz CT molecular complexity index is 1010. The van der Waals surface area contributed by atoms with E-state index in [2.05, 4.69) is 15.8 Å². The van der Waals surface area contributed by atoms with Crippen molar-refractivity contribution in [2.24, 2.45) is 0 Å². The number of non-ortho nitro benzene ring substituents is 1. The fourth-order valence-electron chi connectivity index (χ4n) is 2.49. The predicted molar refractivity (Wildman–Crippen MR) is 92.9 cm³/mol. The van der Waals surface area contributed by atoms with Crippen LogP contribution in [0.1, 0.15) is 20.7 Å². The van der Waals surface area contributed by atoms with Crippen molar-refractivity contribution in [1.82, 2.24) is 15.8 Å². The van der Waals surface area contributed by atoms with Crippen LogP contribution in [0.2, 0.25) is 0 Å². The Balaban J connectivity index is 1.77. The number of nitrogens with one attached hydrogen (secondary N) is 3. The van der Waals surface area contributed by atoms with E-state index in [4.69, 9.17) is 4.74 Å². The van der Waals surface area contributed by atoms with Gasteiger partial charge in [-0.25, -0.2) is 0 Å². The molecule has 3 aromatic rings. The normalized spacial score (nSPS) is 10.3. The van der Waals surface area contributed by atoms with Gasteiger partial charge in [0.25, 0.3) is 17.5 Å². The number of hydrogen-bond acceptors (Lipinski definition) is 5. The highest BCUT2D eigenvalue weighted by Gasteiger charge is 2.19. The molecule has 0 saturated carbocycles. The number of amides is 2. The van der Waals surface area contributed by atoms with Gasteiger partial charge in [0.05, 0.1) is 23.2 Å². The number of nitro benzene ring substituents is 1. The Labute approximate surface area is 147 Å². The molecular formula is C17H14N4O5. The van der Waals surface area contributed by atoms with E-state index in [1.165, 1.54) is 25.4 Å². The van der Waals surface area contributed by atoms with Gasteiger partial charge in [0, 0.05) is 29.2 Å². The SMILES string of the molecule is COc1ccc([N+](=O)[O-])cc1C(=O)NNC(=O)c1c[nH]c2ccccc12. The lowest BCUT2D eigenvalue weighted by Crippen LogP contribution is -2.41. The van der Waals surface area contributed by atoms with Crippen molar-refractivity contribution >= 4 is 28.4 Å². The first-order chi connectivity index (χ1) is 12.5. The van der Waals surface area contributed by atoms with E-state index in [1.54, 1.807) is 12.1 Å². The van der Waals surface area contributed by atoms with Gasteiger partial charge in [0.1, 0.15) is 5.75 Å². The van der Waals surface area contributed by atoms with Crippen LogP contribution in [-0.4, -0.2) is 28.8 Å². The summed E-state index contributed by atoms with van der Waals surface area (Å²) in [7, 11) is 1.34. The third-order valence-corrected chi connectivity index (χ3v) is 3.76.